The average molecular weight is 317 g/mol. The third-order valence-corrected chi connectivity index (χ3v) is 3.90. The molecule has 1 aromatic heterocycles. The van der Waals surface area contributed by atoms with E-state index in [1.165, 1.54) is 16.8 Å². The van der Waals surface area contributed by atoms with E-state index in [0.29, 0.717) is 17.2 Å². The Balaban J connectivity index is 2.00. The Morgan fingerprint density at radius 3 is 2.33 bits per heavy atom. The van der Waals surface area contributed by atoms with Crippen molar-refractivity contribution in [1.29, 1.82) is 0 Å². The van der Waals surface area contributed by atoms with Crippen LogP contribution in [0.25, 0.3) is 5.69 Å². The van der Waals surface area contributed by atoms with Gasteiger partial charge in [0.25, 0.3) is 0 Å². The Hall–Kier alpha value is -1.53. The lowest BCUT2D eigenvalue weighted by Gasteiger charge is -2.08. The number of aliphatic hydroxyl groups is 1. The van der Waals surface area contributed by atoms with Gasteiger partial charge in [-0.05, 0) is 37.1 Å². The molecule has 0 atom stereocenters. The number of hydrogen-bond acceptors (Lipinski definition) is 2. The number of hydrogen-bond donors (Lipinski definition) is 1. The molecule has 2 aromatic rings. The monoisotopic (exact) mass is 316 g/mol. The molecule has 21 heavy (non-hydrogen) atoms. The van der Waals surface area contributed by atoms with E-state index in [-0.39, 0.29) is 11.8 Å². The van der Waals surface area contributed by atoms with Gasteiger partial charge in [-0.15, -0.1) is 0 Å². The van der Waals surface area contributed by atoms with Crippen molar-refractivity contribution in [1.82, 2.24) is 9.78 Å². The van der Waals surface area contributed by atoms with Crippen LogP contribution in [0.15, 0.2) is 24.3 Å². The first-order valence-electron chi connectivity index (χ1n) is 6.47. The summed E-state index contributed by atoms with van der Waals surface area (Å²) in [5.41, 5.74) is 1.01. The van der Waals surface area contributed by atoms with Gasteiger partial charge in [-0.25, -0.2) is 4.68 Å². The van der Waals surface area contributed by atoms with E-state index in [1.807, 2.05) is 0 Å². The van der Waals surface area contributed by atoms with Gasteiger partial charge in [0.15, 0.2) is 0 Å². The SMILES string of the molecule is OCc1c(C2CC2)nn(-c2ccc(C(F)(F)F)cc2)c1Cl. The minimum Gasteiger partial charge on any atom is -0.391 e. The molecule has 0 radical (unpaired) electrons. The van der Waals surface area contributed by atoms with Crippen molar-refractivity contribution in [3.63, 3.8) is 0 Å². The highest BCUT2D eigenvalue weighted by molar-refractivity contribution is 6.30. The molecular weight excluding hydrogens is 305 g/mol. The van der Waals surface area contributed by atoms with Crippen LogP contribution in [-0.4, -0.2) is 14.9 Å². The number of aromatic nitrogens is 2. The summed E-state index contributed by atoms with van der Waals surface area (Å²) in [6, 6.07) is 4.62. The van der Waals surface area contributed by atoms with Gasteiger partial charge in [-0.2, -0.15) is 18.3 Å². The van der Waals surface area contributed by atoms with Gasteiger partial charge in [0, 0.05) is 11.5 Å². The standard InChI is InChI=1S/C14H12ClF3N2O/c15-13-11(7-21)12(8-1-2-8)19-20(13)10-5-3-9(4-6-10)14(16,17)18/h3-6,8,21H,1-2,7H2. The van der Waals surface area contributed by atoms with Crippen molar-refractivity contribution in [2.45, 2.75) is 31.5 Å². The highest BCUT2D eigenvalue weighted by Crippen LogP contribution is 2.43. The summed E-state index contributed by atoms with van der Waals surface area (Å²) in [7, 11) is 0. The molecule has 0 spiro atoms. The maximum absolute atomic E-state index is 12.6. The second kappa shape index (κ2) is 5.03. The molecule has 1 aromatic carbocycles. The first-order chi connectivity index (χ1) is 9.91. The number of rotatable bonds is 3. The summed E-state index contributed by atoms with van der Waals surface area (Å²) < 4.78 is 39.0. The summed E-state index contributed by atoms with van der Waals surface area (Å²) in [6.07, 6.45) is -2.39. The largest absolute Gasteiger partial charge is 0.416 e. The Kier molecular flexibility index (Phi) is 3.45. The maximum atomic E-state index is 12.6. The van der Waals surface area contributed by atoms with Gasteiger partial charge < -0.3 is 5.11 Å². The van der Waals surface area contributed by atoms with Crippen LogP contribution in [0.5, 0.6) is 0 Å². The molecule has 1 heterocycles. The predicted molar refractivity (Wildman–Crippen MR) is 71.5 cm³/mol. The van der Waals surface area contributed by atoms with Crippen molar-refractivity contribution < 1.29 is 18.3 Å². The number of halogens is 4. The fourth-order valence-electron chi connectivity index (χ4n) is 2.24. The Labute approximate surface area is 124 Å². The molecule has 0 bridgehead atoms. The minimum atomic E-state index is -4.37. The van der Waals surface area contributed by atoms with Crippen LogP contribution in [0.3, 0.4) is 0 Å². The molecule has 112 valence electrons. The molecule has 0 aliphatic heterocycles. The van der Waals surface area contributed by atoms with Crippen molar-refractivity contribution in [2.24, 2.45) is 0 Å². The average Bonchev–Trinajstić information content (AvgIpc) is 3.22. The smallest absolute Gasteiger partial charge is 0.391 e. The zero-order valence-electron chi connectivity index (χ0n) is 10.9. The second-order valence-corrected chi connectivity index (χ2v) is 5.40. The zero-order valence-corrected chi connectivity index (χ0v) is 11.6. The summed E-state index contributed by atoms with van der Waals surface area (Å²) in [6.45, 7) is -0.231. The Bertz CT molecular complexity index is 660. The lowest BCUT2D eigenvalue weighted by atomic mass is 10.2. The van der Waals surface area contributed by atoms with Crippen LogP contribution >= 0.6 is 11.6 Å². The molecular formula is C14H12ClF3N2O. The van der Waals surface area contributed by atoms with Crippen molar-refractivity contribution in [3.8, 4) is 5.69 Å². The zero-order chi connectivity index (χ0) is 15.2. The van der Waals surface area contributed by atoms with Crippen molar-refractivity contribution >= 4 is 11.6 Å². The highest BCUT2D eigenvalue weighted by atomic mass is 35.5. The number of nitrogens with zero attached hydrogens (tertiary/aromatic N) is 2. The maximum Gasteiger partial charge on any atom is 0.416 e. The van der Waals surface area contributed by atoms with Crippen LogP contribution in [0, 0.1) is 0 Å². The van der Waals surface area contributed by atoms with Crippen LogP contribution in [-0.2, 0) is 12.8 Å². The molecule has 1 aliphatic carbocycles. The number of aliphatic hydroxyl groups excluding tert-OH is 1. The molecule has 0 saturated heterocycles. The lowest BCUT2D eigenvalue weighted by Crippen LogP contribution is -2.05. The van der Waals surface area contributed by atoms with Gasteiger partial charge in [0.05, 0.1) is 23.6 Å². The third kappa shape index (κ3) is 2.65. The van der Waals surface area contributed by atoms with Crippen LogP contribution in [0.2, 0.25) is 5.15 Å². The fourth-order valence-corrected chi connectivity index (χ4v) is 2.53. The van der Waals surface area contributed by atoms with Gasteiger partial charge in [-0.3, -0.25) is 0 Å². The number of alkyl halides is 3. The summed E-state index contributed by atoms with van der Waals surface area (Å²) >= 11 is 6.18. The lowest BCUT2D eigenvalue weighted by molar-refractivity contribution is -0.137. The molecule has 7 heteroatoms. The van der Waals surface area contributed by atoms with Gasteiger partial charge in [0.1, 0.15) is 5.15 Å². The third-order valence-electron chi connectivity index (χ3n) is 3.51. The van der Waals surface area contributed by atoms with Crippen LogP contribution in [0.1, 0.15) is 35.6 Å². The molecule has 0 unspecified atom stereocenters. The quantitative estimate of drug-likeness (QED) is 0.932. The van der Waals surface area contributed by atoms with Crippen molar-refractivity contribution in [2.75, 3.05) is 0 Å². The topological polar surface area (TPSA) is 38.1 Å². The molecule has 0 amide bonds. The molecule has 1 fully saturated rings. The highest BCUT2D eigenvalue weighted by Gasteiger charge is 2.32. The Morgan fingerprint density at radius 1 is 1.24 bits per heavy atom. The Morgan fingerprint density at radius 2 is 1.86 bits per heavy atom. The van der Waals surface area contributed by atoms with Crippen LogP contribution in [0.4, 0.5) is 13.2 Å². The van der Waals surface area contributed by atoms with Gasteiger partial charge in [0.2, 0.25) is 0 Å². The second-order valence-electron chi connectivity index (χ2n) is 5.04. The molecule has 3 nitrogen and oxygen atoms in total. The first-order valence-corrected chi connectivity index (χ1v) is 6.85. The summed E-state index contributed by atoms with van der Waals surface area (Å²) in [4.78, 5) is 0. The van der Waals surface area contributed by atoms with E-state index >= 15 is 0 Å². The summed E-state index contributed by atoms with van der Waals surface area (Å²) in [5, 5.41) is 14.0. The van der Waals surface area contributed by atoms with E-state index in [9.17, 15) is 18.3 Å². The molecule has 1 saturated carbocycles. The first kappa shape index (κ1) is 14.4. The fraction of sp³-hybridized carbons (Fsp3) is 0.357. The number of benzene rings is 1. The van der Waals surface area contributed by atoms with Gasteiger partial charge in [-0.1, -0.05) is 11.6 Å². The van der Waals surface area contributed by atoms with E-state index in [2.05, 4.69) is 5.10 Å². The molecule has 3 rings (SSSR count). The minimum absolute atomic E-state index is 0.231. The molecule has 1 N–H and O–H groups in total. The van der Waals surface area contributed by atoms with Crippen molar-refractivity contribution in [3.05, 3.63) is 46.2 Å². The summed E-state index contributed by atoms with van der Waals surface area (Å²) in [5.74, 6) is 0.292. The van der Waals surface area contributed by atoms with Crippen LogP contribution < -0.4 is 0 Å². The predicted octanol–water partition coefficient (Wildman–Crippen LogP) is 3.91. The normalized spacial score (nSPS) is 15.5. The van der Waals surface area contributed by atoms with E-state index in [4.69, 9.17) is 11.6 Å². The molecule has 1 aliphatic rings. The van der Waals surface area contributed by atoms with Gasteiger partial charge >= 0.3 is 6.18 Å². The van der Waals surface area contributed by atoms with E-state index in [1.54, 1.807) is 0 Å². The van der Waals surface area contributed by atoms with E-state index < -0.39 is 11.7 Å². The van der Waals surface area contributed by atoms with E-state index in [0.717, 1.165) is 30.7 Å².